The molecule has 0 heterocycles. The van der Waals surface area contributed by atoms with E-state index in [2.05, 4.69) is 13.8 Å². The van der Waals surface area contributed by atoms with E-state index in [0.29, 0.717) is 0 Å². The van der Waals surface area contributed by atoms with Gasteiger partial charge in [-0.25, -0.2) is 0 Å². The molecule has 0 radical (unpaired) electrons. The van der Waals surface area contributed by atoms with E-state index < -0.39 is 0 Å². The van der Waals surface area contributed by atoms with E-state index in [0.717, 1.165) is 17.3 Å². The van der Waals surface area contributed by atoms with E-state index in [1.165, 1.54) is 32.1 Å². The Morgan fingerprint density at radius 1 is 1.08 bits per heavy atom. The summed E-state index contributed by atoms with van der Waals surface area (Å²) in [6.45, 7) is 4.82. The maximum absolute atomic E-state index is 2.43. The summed E-state index contributed by atoms with van der Waals surface area (Å²) in [5.41, 5.74) is 0.804. The normalized spacial score (nSPS) is 44.8. The molecule has 0 spiro atoms. The second kappa shape index (κ2) is 3.63. The maximum Gasteiger partial charge on any atom is -0.0269 e. The Morgan fingerprint density at radius 2 is 1.92 bits per heavy atom. The van der Waals surface area contributed by atoms with Crippen LogP contribution in [-0.4, -0.2) is 0 Å². The predicted molar refractivity (Wildman–Crippen MR) is 57.7 cm³/mol. The molecule has 0 bridgehead atoms. The number of fused-ring (bicyclic) bond motifs is 1. The Morgan fingerprint density at radius 3 is 2.62 bits per heavy atom. The molecule has 0 aromatic rings. The van der Waals surface area contributed by atoms with Crippen molar-refractivity contribution in [2.75, 3.05) is 0 Å². The van der Waals surface area contributed by atoms with Crippen LogP contribution >= 0.6 is 0 Å². The van der Waals surface area contributed by atoms with Crippen molar-refractivity contribution in [3.63, 3.8) is 0 Å². The summed E-state index contributed by atoms with van der Waals surface area (Å²) in [5.74, 6) is 2.19. The molecule has 2 saturated carbocycles. The molecule has 2 unspecified atom stereocenters. The van der Waals surface area contributed by atoms with E-state index in [1.54, 1.807) is 19.3 Å². The molecule has 0 saturated heterocycles. The van der Waals surface area contributed by atoms with Gasteiger partial charge in [-0.05, 0) is 42.9 Å². The molecular weight excluding hydrogens is 156 g/mol. The lowest BCUT2D eigenvalue weighted by Gasteiger charge is -2.41. The molecule has 2 rings (SSSR count). The lowest BCUT2D eigenvalue weighted by atomic mass is 9.64. The summed E-state index contributed by atoms with van der Waals surface area (Å²) >= 11 is 0. The Bertz CT molecular complexity index is 173. The topological polar surface area (TPSA) is 0 Å². The summed E-state index contributed by atoms with van der Waals surface area (Å²) in [4.78, 5) is 0. The molecule has 0 amide bonds. The van der Waals surface area contributed by atoms with Crippen LogP contribution in [0, 0.1) is 17.3 Å². The van der Waals surface area contributed by atoms with Crippen LogP contribution < -0.4 is 0 Å². The average molecular weight is 180 g/mol. The van der Waals surface area contributed by atoms with Crippen LogP contribution in [0.3, 0.4) is 0 Å². The molecule has 0 aromatic carbocycles. The Hall–Kier alpha value is 0. The van der Waals surface area contributed by atoms with Crippen molar-refractivity contribution in [1.29, 1.82) is 0 Å². The minimum absolute atomic E-state index is 0.804. The van der Waals surface area contributed by atoms with Crippen molar-refractivity contribution < 1.29 is 0 Å². The summed E-state index contributed by atoms with van der Waals surface area (Å²) in [6, 6.07) is 0. The van der Waals surface area contributed by atoms with E-state index in [-0.39, 0.29) is 0 Å². The first-order chi connectivity index (χ1) is 6.32. The van der Waals surface area contributed by atoms with Crippen LogP contribution in [-0.2, 0) is 0 Å². The van der Waals surface area contributed by atoms with Crippen molar-refractivity contribution >= 4 is 0 Å². The van der Waals surface area contributed by atoms with Gasteiger partial charge in [-0.15, -0.1) is 0 Å². The molecule has 76 valence electrons. The number of hydrogen-bond acceptors (Lipinski definition) is 0. The van der Waals surface area contributed by atoms with Gasteiger partial charge in [-0.3, -0.25) is 0 Å². The fourth-order valence-corrected chi connectivity index (χ4v) is 4.16. The quantitative estimate of drug-likeness (QED) is 0.591. The van der Waals surface area contributed by atoms with Crippen molar-refractivity contribution in [2.24, 2.45) is 17.3 Å². The van der Waals surface area contributed by atoms with Gasteiger partial charge in [0.1, 0.15) is 0 Å². The molecule has 0 aliphatic heterocycles. The zero-order chi connectivity index (χ0) is 9.31. The lowest BCUT2D eigenvalue weighted by Crippen LogP contribution is -2.31. The van der Waals surface area contributed by atoms with Gasteiger partial charge in [0.05, 0.1) is 0 Å². The van der Waals surface area contributed by atoms with E-state index in [1.807, 2.05) is 0 Å². The second-order valence-corrected chi connectivity index (χ2v) is 5.28. The van der Waals surface area contributed by atoms with Gasteiger partial charge in [-0.1, -0.05) is 39.5 Å². The lowest BCUT2D eigenvalue weighted by molar-refractivity contribution is 0.0969. The number of hydrogen-bond donors (Lipinski definition) is 0. The monoisotopic (exact) mass is 180 g/mol. The summed E-state index contributed by atoms with van der Waals surface area (Å²) in [6.07, 6.45) is 12.1. The Labute approximate surface area is 83.1 Å². The van der Waals surface area contributed by atoms with Crippen LogP contribution in [0.5, 0.6) is 0 Å². The largest absolute Gasteiger partial charge is 0.0651 e. The molecule has 0 N–H and O–H groups in total. The highest BCUT2D eigenvalue weighted by Crippen LogP contribution is 2.57. The highest BCUT2D eigenvalue weighted by molar-refractivity contribution is 4.97. The smallest absolute Gasteiger partial charge is 0.0269 e. The van der Waals surface area contributed by atoms with Gasteiger partial charge in [0.2, 0.25) is 0 Å². The summed E-state index contributed by atoms with van der Waals surface area (Å²) in [7, 11) is 0. The van der Waals surface area contributed by atoms with Gasteiger partial charge >= 0.3 is 0 Å². The minimum atomic E-state index is 0.804. The zero-order valence-corrected chi connectivity index (χ0v) is 9.31. The van der Waals surface area contributed by atoms with Crippen LogP contribution in [0.4, 0.5) is 0 Å². The fourth-order valence-electron chi connectivity index (χ4n) is 4.16. The fraction of sp³-hybridized carbons (Fsp3) is 1.00. The van der Waals surface area contributed by atoms with Crippen molar-refractivity contribution in [3.8, 4) is 0 Å². The molecule has 13 heavy (non-hydrogen) atoms. The molecule has 3 atom stereocenters. The second-order valence-electron chi connectivity index (χ2n) is 5.28. The van der Waals surface area contributed by atoms with Gasteiger partial charge in [-0.2, -0.15) is 0 Å². The van der Waals surface area contributed by atoms with Crippen LogP contribution in [0.15, 0.2) is 0 Å². The third kappa shape index (κ3) is 1.43. The molecule has 2 fully saturated rings. The van der Waals surface area contributed by atoms with Crippen LogP contribution in [0.1, 0.15) is 65.2 Å². The maximum atomic E-state index is 2.43. The molecule has 0 aromatic heterocycles. The highest BCUT2D eigenvalue weighted by atomic mass is 14.5. The summed E-state index contributed by atoms with van der Waals surface area (Å²) < 4.78 is 0. The SMILES string of the molecule is CC[C@H]1CCC2(CC)CCCCC12. The van der Waals surface area contributed by atoms with Crippen molar-refractivity contribution in [1.82, 2.24) is 0 Å². The minimum Gasteiger partial charge on any atom is -0.0651 e. The molecule has 2 aliphatic carbocycles. The standard InChI is InChI=1S/C13H24/c1-3-11-8-10-13(4-2)9-6-5-7-12(11)13/h11-12H,3-10H2,1-2H3/t11-,12?,13?/m0/s1. The van der Waals surface area contributed by atoms with Gasteiger partial charge in [0.15, 0.2) is 0 Å². The first-order valence-electron chi connectivity index (χ1n) is 6.32. The van der Waals surface area contributed by atoms with Gasteiger partial charge < -0.3 is 0 Å². The summed E-state index contributed by atoms with van der Waals surface area (Å²) in [5, 5.41) is 0. The molecule has 2 aliphatic rings. The molecule has 0 heteroatoms. The van der Waals surface area contributed by atoms with Gasteiger partial charge in [0.25, 0.3) is 0 Å². The predicted octanol–water partition coefficient (Wildman–Crippen LogP) is 4.39. The Balaban J connectivity index is 2.14. The first kappa shape index (κ1) is 9.55. The van der Waals surface area contributed by atoms with Crippen molar-refractivity contribution in [3.05, 3.63) is 0 Å². The molecule has 0 nitrogen and oxygen atoms in total. The Kier molecular flexibility index (Phi) is 2.67. The van der Waals surface area contributed by atoms with E-state index >= 15 is 0 Å². The van der Waals surface area contributed by atoms with Crippen LogP contribution in [0.25, 0.3) is 0 Å². The average Bonchev–Trinajstić information content (AvgIpc) is 2.57. The van der Waals surface area contributed by atoms with Crippen molar-refractivity contribution in [2.45, 2.75) is 65.2 Å². The highest BCUT2D eigenvalue weighted by Gasteiger charge is 2.46. The third-order valence-corrected chi connectivity index (χ3v) is 5.04. The molecular formula is C13H24. The van der Waals surface area contributed by atoms with Gasteiger partial charge in [0, 0.05) is 0 Å². The first-order valence-corrected chi connectivity index (χ1v) is 6.32. The van der Waals surface area contributed by atoms with E-state index in [9.17, 15) is 0 Å². The van der Waals surface area contributed by atoms with E-state index in [4.69, 9.17) is 0 Å². The third-order valence-electron chi connectivity index (χ3n) is 5.04. The zero-order valence-electron chi connectivity index (χ0n) is 9.31. The van der Waals surface area contributed by atoms with Crippen LogP contribution in [0.2, 0.25) is 0 Å². The number of rotatable bonds is 2.